The van der Waals surface area contributed by atoms with Gasteiger partial charge in [0, 0.05) is 24.5 Å². The highest BCUT2D eigenvalue weighted by Crippen LogP contribution is 2.28. The van der Waals surface area contributed by atoms with Crippen molar-refractivity contribution in [3.8, 4) is 23.1 Å². The van der Waals surface area contributed by atoms with Crippen molar-refractivity contribution in [2.45, 2.75) is 40.3 Å². The van der Waals surface area contributed by atoms with E-state index < -0.39 is 0 Å². The Kier molecular flexibility index (Phi) is 7.14. The summed E-state index contributed by atoms with van der Waals surface area (Å²) in [6.07, 6.45) is 3.56. The van der Waals surface area contributed by atoms with Gasteiger partial charge < -0.3 is 0 Å². The fourth-order valence-electron chi connectivity index (χ4n) is 3.48. The standard InChI is InChI=1S/C23H28N6S/c1-5-27(15-18(4)13-24)16-28-23(30)29(21-11-7-6-10-20(21)17(2)3)22(26-28)19-9-8-12-25-14-19/h6-12,14,17-18H,5,15-16H2,1-4H3. The zero-order valence-electron chi connectivity index (χ0n) is 18.0. The van der Waals surface area contributed by atoms with Gasteiger partial charge in [0.05, 0.1) is 24.3 Å². The van der Waals surface area contributed by atoms with Gasteiger partial charge in [-0.3, -0.25) is 14.5 Å². The fraction of sp³-hybridized carbons (Fsp3) is 0.391. The van der Waals surface area contributed by atoms with Crippen molar-refractivity contribution in [3.63, 3.8) is 0 Å². The summed E-state index contributed by atoms with van der Waals surface area (Å²) in [7, 11) is 0. The molecule has 1 aromatic carbocycles. The molecule has 0 aliphatic heterocycles. The van der Waals surface area contributed by atoms with E-state index in [2.05, 4.69) is 54.9 Å². The van der Waals surface area contributed by atoms with Crippen molar-refractivity contribution in [2.24, 2.45) is 5.92 Å². The zero-order chi connectivity index (χ0) is 21.7. The van der Waals surface area contributed by atoms with E-state index in [1.54, 1.807) is 6.20 Å². The first-order valence-electron chi connectivity index (χ1n) is 10.3. The Labute approximate surface area is 183 Å². The summed E-state index contributed by atoms with van der Waals surface area (Å²) in [5.41, 5.74) is 3.16. The van der Waals surface area contributed by atoms with Crippen molar-refractivity contribution in [2.75, 3.05) is 13.1 Å². The molecule has 0 aliphatic rings. The highest BCUT2D eigenvalue weighted by Gasteiger charge is 2.19. The van der Waals surface area contributed by atoms with Crippen LogP contribution < -0.4 is 0 Å². The number of hydrogen-bond donors (Lipinski definition) is 0. The van der Waals surface area contributed by atoms with Crippen LogP contribution in [-0.2, 0) is 6.67 Å². The molecular weight excluding hydrogens is 392 g/mol. The molecule has 6 nitrogen and oxygen atoms in total. The molecule has 30 heavy (non-hydrogen) atoms. The lowest BCUT2D eigenvalue weighted by molar-refractivity contribution is 0.202. The lowest BCUT2D eigenvalue weighted by Crippen LogP contribution is -2.31. The van der Waals surface area contributed by atoms with Gasteiger partial charge in [-0.2, -0.15) is 5.26 Å². The maximum absolute atomic E-state index is 9.20. The van der Waals surface area contributed by atoms with Crippen LogP contribution in [0.1, 0.15) is 39.2 Å². The average molecular weight is 421 g/mol. The van der Waals surface area contributed by atoms with Crippen molar-refractivity contribution in [1.29, 1.82) is 5.26 Å². The van der Waals surface area contributed by atoms with E-state index in [1.165, 1.54) is 5.56 Å². The molecular formula is C23H28N6S. The Morgan fingerprint density at radius 3 is 2.57 bits per heavy atom. The van der Waals surface area contributed by atoms with Crippen molar-refractivity contribution in [1.82, 2.24) is 24.2 Å². The molecule has 2 aromatic heterocycles. The van der Waals surface area contributed by atoms with E-state index in [0.717, 1.165) is 23.6 Å². The minimum atomic E-state index is -0.0549. The highest BCUT2D eigenvalue weighted by atomic mass is 32.1. The summed E-state index contributed by atoms with van der Waals surface area (Å²) in [5.74, 6) is 1.06. The molecule has 0 radical (unpaired) electrons. The SMILES string of the molecule is CCN(CC(C)C#N)Cn1nc(-c2cccnc2)n(-c2ccccc2C(C)C)c1=S. The third-order valence-corrected chi connectivity index (χ3v) is 5.49. The third kappa shape index (κ3) is 4.66. The van der Waals surface area contributed by atoms with Crippen molar-refractivity contribution < 1.29 is 0 Å². The van der Waals surface area contributed by atoms with Gasteiger partial charge in [-0.1, -0.05) is 39.0 Å². The van der Waals surface area contributed by atoms with Gasteiger partial charge in [0.2, 0.25) is 4.77 Å². The molecule has 2 heterocycles. The van der Waals surface area contributed by atoms with Gasteiger partial charge in [0.1, 0.15) is 0 Å². The monoisotopic (exact) mass is 420 g/mol. The third-order valence-electron chi connectivity index (χ3n) is 5.09. The summed E-state index contributed by atoms with van der Waals surface area (Å²) in [4.78, 5) is 6.46. The van der Waals surface area contributed by atoms with Gasteiger partial charge in [-0.15, -0.1) is 5.10 Å². The zero-order valence-corrected chi connectivity index (χ0v) is 18.8. The fourth-order valence-corrected chi connectivity index (χ4v) is 3.77. The second-order valence-corrected chi connectivity index (χ2v) is 8.10. The molecule has 3 rings (SSSR count). The first kappa shape index (κ1) is 21.9. The van der Waals surface area contributed by atoms with Gasteiger partial charge in [0.15, 0.2) is 5.82 Å². The Hall–Kier alpha value is -2.82. The number of para-hydroxylation sites is 1. The second-order valence-electron chi connectivity index (χ2n) is 7.74. The molecule has 0 aliphatic carbocycles. The number of hydrogen-bond acceptors (Lipinski definition) is 5. The number of nitriles is 1. The molecule has 1 unspecified atom stereocenters. The minimum Gasteiger partial charge on any atom is -0.283 e. The summed E-state index contributed by atoms with van der Waals surface area (Å²) in [5, 5.41) is 14.1. The van der Waals surface area contributed by atoms with Crippen LogP contribution in [0.4, 0.5) is 0 Å². The smallest absolute Gasteiger partial charge is 0.204 e. The Bertz CT molecular complexity index is 1080. The molecule has 0 saturated heterocycles. The molecule has 0 bridgehead atoms. The van der Waals surface area contributed by atoms with E-state index >= 15 is 0 Å². The summed E-state index contributed by atoms with van der Waals surface area (Å²) in [6, 6.07) is 14.5. The maximum atomic E-state index is 9.20. The molecule has 0 amide bonds. The average Bonchev–Trinajstić information content (AvgIpc) is 3.09. The Morgan fingerprint density at radius 1 is 1.17 bits per heavy atom. The first-order chi connectivity index (χ1) is 14.5. The second kappa shape index (κ2) is 9.79. The molecule has 0 N–H and O–H groups in total. The van der Waals surface area contributed by atoms with Crippen LogP contribution in [0.3, 0.4) is 0 Å². The minimum absolute atomic E-state index is 0.0549. The Balaban J connectivity index is 2.15. The van der Waals surface area contributed by atoms with E-state index in [-0.39, 0.29) is 5.92 Å². The molecule has 1 atom stereocenters. The molecule has 0 spiro atoms. The number of benzene rings is 1. The van der Waals surface area contributed by atoms with Crippen molar-refractivity contribution in [3.05, 3.63) is 59.1 Å². The topological polar surface area (TPSA) is 62.7 Å². The first-order valence-corrected chi connectivity index (χ1v) is 10.7. The highest BCUT2D eigenvalue weighted by molar-refractivity contribution is 7.71. The summed E-state index contributed by atoms with van der Waals surface area (Å²) < 4.78 is 4.52. The molecule has 0 saturated carbocycles. The van der Waals surface area contributed by atoms with Crippen LogP contribution in [0.5, 0.6) is 0 Å². The number of aromatic nitrogens is 4. The van der Waals surface area contributed by atoms with Gasteiger partial charge >= 0.3 is 0 Å². The lowest BCUT2D eigenvalue weighted by Gasteiger charge is -2.21. The van der Waals surface area contributed by atoms with Gasteiger partial charge in [0.25, 0.3) is 0 Å². The largest absolute Gasteiger partial charge is 0.283 e. The van der Waals surface area contributed by atoms with Crippen LogP contribution in [0, 0.1) is 22.0 Å². The summed E-state index contributed by atoms with van der Waals surface area (Å²) in [6.45, 7) is 10.4. The number of nitrogens with zero attached hydrogens (tertiary/aromatic N) is 6. The lowest BCUT2D eigenvalue weighted by atomic mass is 10.0. The predicted octanol–water partition coefficient (Wildman–Crippen LogP) is 5.03. The predicted molar refractivity (Wildman–Crippen MR) is 122 cm³/mol. The van der Waals surface area contributed by atoms with Crippen LogP contribution in [0.2, 0.25) is 0 Å². The maximum Gasteiger partial charge on any atom is 0.204 e. The number of rotatable bonds is 8. The number of pyridine rings is 1. The van der Waals surface area contributed by atoms with E-state index in [0.29, 0.717) is 23.9 Å². The van der Waals surface area contributed by atoms with Gasteiger partial charge in [-0.05, 0) is 55.4 Å². The van der Waals surface area contributed by atoms with Crippen molar-refractivity contribution >= 4 is 12.2 Å². The van der Waals surface area contributed by atoms with Crippen LogP contribution >= 0.6 is 12.2 Å². The van der Waals surface area contributed by atoms with Crippen LogP contribution in [0.25, 0.3) is 17.1 Å². The normalized spacial score (nSPS) is 12.3. The van der Waals surface area contributed by atoms with E-state index in [4.69, 9.17) is 17.3 Å². The molecule has 3 aromatic rings. The summed E-state index contributed by atoms with van der Waals surface area (Å²) >= 11 is 5.90. The van der Waals surface area contributed by atoms with Gasteiger partial charge in [-0.25, -0.2) is 4.68 Å². The van der Waals surface area contributed by atoms with E-state index in [1.807, 2.05) is 40.6 Å². The molecule has 0 fully saturated rings. The molecule has 7 heteroatoms. The quantitative estimate of drug-likeness (QED) is 0.478. The van der Waals surface area contributed by atoms with Crippen LogP contribution in [-0.4, -0.2) is 37.3 Å². The van der Waals surface area contributed by atoms with E-state index in [9.17, 15) is 5.26 Å². The molecule has 156 valence electrons. The Morgan fingerprint density at radius 2 is 1.93 bits per heavy atom. The van der Waals surface area contributed by atoms with Crippen LogP contribution in [0.15, 0.2) is 48.8 Å².